The molecule has 1 aliphatic heterocycles. The largest absolute Gasteiger partial charge is 0.486 e. The number of fused-ring (bicyclic) bond motifs is 2. The summed E-state index contributed by atoms with van der Waals surface area (Å²) in [5.74, 6) is 3.46. The van der Waals surface area contributed by atoms with E-state index in [9.17, 15) is 0 Å². The zero-order valence-corrected chi connectivity index (χ0v) is 17.2. The summed E-state index contributed by atoms with van der Waals surface area (Å²) < 4.78 is 17.1. The normalized spacial score (nSPS) is 14.3. The Morgan fingerprint density at radius 1 is 1.03 bits per heavy atom. The van der Waals surface area contributed by atoms with Gasteiger partial charge < -0.3 is 24.2 Å². The molecule has 3 aromatic heterocycles. The van der Waals surface area contributed by atoms with Crippen LogP contribution in [0.5, 0.6) is 11.5 Å². The molecular weight excluding hydrogens is 380 g/mol. The Kier molecular flexibility index (Phi) is 4.58. The summed E-state index contributed by atoms with van der Waals surface area (Å²) in [5, 5.41) is 4.54. The molecule has 1 atom stereocenters. The number of hydrogen-bond acceptors (Lipinski definition) is 6. The van der Waals surface area contributed by atoms with E-state index in [0.717, 1.165) is 50.9 Å². The zero-order valence-electron chi connectivity index (χ0n) is 17.2. The summed E-state index contributed by atoms with van der Waals surface area (Å²) in [7, 11) is 0. The Morgan fingerprint density at radius 3 is 2.63 bits per heavy atom. The van der Waals surface area contributed by atoms with Crippen molar-refractivity contribution < 1.29 is 13.9 Å². The van der Waals surface area contributed by atoms with Crippen LogP contribution < -0.4 is 14.8 Å². The second-order valence-electron chi connectivity index (χ2n) is 7.92. The minimum Gasteiger partial charge on any atom is -0.486 e. The first kappa shape index (κ1) is 18.5. The molecule has 7 nitrogen and oxygen atoms in total. The molecule has 1 aliphatic rings. The highest BCUT2D eigenvalue weighted by molar-refractivity contribution is 5.91. The molecule has 2 N–H and O–H groups in total. The van der Waals surface area contributed by atoms with Crippen molar-refractivity contribution in [3.8, 4) is 23.0 Å². The van der Waals surface area contributed by atoms with Crippen molar-refractivity contribution in [2.75, 3.05) is 18.5 Å². The molecule has 0 saturated heterocycles. The molecule has 7 heteroatoms. The third-order valence-electron chi connectivity index (χ3n) is 5.31. The van der Waals surface area contributed by atoms with E-state index in [1.165, 1.54) is 0 Å². The summed E-state index contributed by atoms with van der Waals surface area (Å²) in [6.07, 6.45) is 3.31. The highest BCUT2D eigenvalue weighted by atomic mass is 16.6. The summed E-state index contributed by atoms with van der Waals surface area (Å²) >= 11 is 0. The maximum absolute atomic E-state index is 5.77. The minimum atomic E-state index is 0.0446. The van der Waals surface area contributed by atoms with Crippen LogP contribution in [0.2, 0.25) is 0 Å². The fraction of sp³-hybridized carbons (Fsp3) is 0.304. The summed E-state index contributed by atoms with van der Waals surface area (Å²) in [4.78, 5) is 12.2. The van der Waals surface area contributed by atoms with Crippen LogP contribution in [-0.2, 0) is 0 Å². The number of benzene rings is 1. The van der Waals surface area contributed by atoms with Crippen LogP contribution in [0.3, 0.4) is 0 Å². The van der Waals surface area contributed by atoms with Gasteiger partial charge in [-0.3, -0.25) is 0 Å². The minimum absolute atomic E-state index is 0.0446. The topological polar surface area (TPSA) is 85.2 Å². The average molecular weight is 404 g/mol. The first-order valence-electron chi connectivity index (χ1n) is 10.1. The third kappa shape index (κ3) is 3.36. The molecule has 0 bridgehead atoms. The predicted molar refractivity (Wildman–Crippen MR) is 115 cm³/mol. The molecule has 0 amide bonds. The summed E-state index contributed by atoms with van der Waals surface area (Å²) in [5.41, 5.74) is 3.84. The number of anilines is 1. The van der Waals surface area contributed by atoms with Gasteiger partial charge in [-0.15, -0.1) is 0 Å². The molecule has 0 unspecified atom stereocenters. The molecule has 0 fully saturated rings. The van der Waals surface area contributed by atoms with E-state index < -0.39 is 0 Å². The third-order valence-corrected chi connectivity index (χ3v) is 5.31. The van der Waals surface area contributed by atoms with E-state index in [0.29, 0.717) is 19.1 Å². The Hall–Kier alpha value is -3.48. The van der Waals surface area contributed by atoms with Crippen LogP contribution in [0.1, 0.15) is 31.0 Å². The van der Waals surface area contributed by atoms with E-state index in [1.54, 1.807) is 12.6 Å². The van der Waals surface area contributed by atoms with Gasteiger partial charge in [-0.05, 0) is 48.2 Å². The van der Waals surface area contributed by atoms with Crippen LogP contribution in [-0.4, -0.2) is 28.2 Å². The number of aromatic amines is 1. The first-order chi connectivity index (χ1) is 14.6. The van der Waals surface area contributed by atoms with Gasteiger partial charge in [0.2, 0.25) is 0 Å². The standard InChI is InChI=1S/C23H24N4O3/c1-13(2)21(15-4-5-18-20(9-15)29-7-6-28-18)27-23-16-10-17(19-8-14(3)11-30-19)26-22(16)24-12-25-23/h4-5,8-13,21H,6-7H2,1-3H3,(H2,24,25,26,27)/t21-/m1/s1. The Bertz CT molecular complexity index is 1190. The molecule has 0 saturated carbocycles. The molecule has 5 rings (SSSR count). The summed E-state index contributed by atoms with van der Waals surface area (Å²) in [6.45, 7) is 7.52. The van der Waals surface area contributed by atoms with Gasteiger partial charge in [-0.2, -0.15) is 0 Å². The fourth-order valence-electron chi connectivity index (χ4n) is 3.80. The van der Waals surface area contributed by atoms with Crippen molar-refractivity contribution >= 4 is 16.9 Å². The average Bonchev–Trinajstić information content (AvgIpc) is 3.38. The molecule has 4 heterocycles. The Labute approximate surface area is 174 Å². The number of nitrogens with zero attached hydrogens (tertiary/aromatic N) is 2. The van der Waals surface area contributed by atoms with Crippen LogP contribution >= 0.6 is 0 Å². The Morgan fingerprint density at radius 2 is 1.87 bits per heavy atom. The second-order valence-corrected chi connectivity index (χ2v) is 7.92. The van der Waals surface area contributed by atoms with Gasteiger partial charge in [0.15, 0.2) is 11.5 Å². The van der Waals surface area contributed by atoms with Gasteiger partial charge in [-0.1, -0.05) is 19.9 Å². The fourth-order valence-corrected chi connectivity index (χ4v) is 3.80. The number of furan rings is 1. The second kappa shape index (κ2) is 7.40. The molecular formula is C23H24N4O3. The number of hydrogen-bond donors (Lipinski definition) is 2. The number of aryl methyl sites for hydroxylation is 1. The van der Waals surface area contributed by atoms with Crippen LogP contribution in [0, 0.1) is 12.8 Å². The van der Waals surface area contributed by atoms with Crippen LogP contribution in [0.25, 0.3) is 22.5 Å². The Balaban J connectivity index is 1.50. The number of ether oxygens (including phenoxy) is 2. The smallest absolute Gasteiger partial charge is 0.161 e. The van der Waals surface area contributed by atoms with Gasteiger partial charge in [0, 0.05) is 0 Å². The maximum Gasteiger partial charge on any atom is 0.161 e. The summed E-state index contributed by atoms with van der Waals surface area (Å²) in [6, 6.07) is 10.2. The van der Waals surface area contributed by atoms with Crippen molar-refractivity contribution in [1.29, 1.82) is 0 Å². The van der Waals surface area contributed by atoms with Gasteiger partial charge >= 0.3 is 0 Å². The molecule has 30 heavy (non-hydrogen) atoms. The highest BCUT2D eigenvalue weighted by Crippen LogP contribution is 2.36. The number of rotatable bonds is 5. The lowest BCUT2D eigenvalue weighted by molar-refractivity contribution is 0.171. The SMILES string of the molecule is Cc1coc(-c2cc3c(N[C@@H](c4ccc5c(c4)OCCO5)C(C)C)ncnc3[nH]2)c1. The van der Waals surface area contributed by atoms with E-state index in [-0.39, 0.29) is 6.04 Å². The quantitative estimate of drug-likeness (QED) is 0.481. The molecule has 4 aromatic rings. The maximum atomic E-state index is 5.77. The van der Waals surface area contributed by atoms with Gasteiger partial charge in [0.25, 0.3) is 0 Å². The number of H-pyrrole nitrogens is 1. The lowest BCUT2D eigenvalue weighted by Crippen LogP contribution is -2.19. The van der Waals surface area contributed by atoms with Gasteiger partial charge in [0.1, 0.15) is 36.8 Å². The van der Waals surface area contributed by atoms with Crippen LogP contribution in [0.4, 0.5) is 5.82 Å². The molecule has 1 aromatic carbocycles. The van der Waals surface area contributed by atoms with Crippen molar-refractivity contribution in [3.63, 3.8) is 0 Å². The van der Waals surface area contributed by atoms with Crippen molar-refractivity contribution in [1.82, 2.24) is 15.0 Å². The van der Waals surface area contributed by atoms with Crippen molar-refractivity contribution in [3.05, 3.63) is 54.0 Å². The monoisotopic (exact) mass is 404 g/mol. The van der Waals surface area contributed by atoms with E-state index in [4.69, 9.17) is 13.9 Å². The molecule has 154 valence electrons. The lowest BCUT2D eigenvalue weighted by Gasteiger charge is -2.26. The van der Waals surface area contributed by atoms with Crippen LogP contribution in [0.15, 0.2) is 47.3 Å². The molecule has 0 aliphatic carbocycles. The zero-order chi connectivity index (χ0) is 20.7. The molecule has 0 radical (unpaired) electrons. The van der Waals surface area contributed by atoms with E-state index in [1.807, 2.05) is 25.1 Å². The van der Waals surface area contributed by atoms with Crippen molar-refractivity contribution in [2.24, 2.45) is 5.92 Å². The van der Waals surface area contributed by atoms with Gasteiger partial charge in [-0.25, -0.2) is 9.97 Å². The lowest BCUT2D eigenvalue weighted by atomic mass is 9.95. The number of nitrogens with one attached hydrogen (secondary N) is 2. The molecule has 0 spiro atoms. The highest BCUT2D eigenvalue weighted by Gasteiger charge is 2.21. The van der Waals surface area contributed by atoms with E-state index in [2.05, 4.69) is 46.2 Å². The van der Waals surface area contributed by atoms with Crippen molar-refractivity contribution in [2.45, 2.75) is 26.8 Å². The first-order valence-corrected chi connectivity index (χ1v) is 10.1. The van der Waals surface area contributed by atoms with E-state index >= 15 is 0 Å². The van der Waals surface area contributed by atoms with Gasteiger partial charge in [0.05, 0.1) is 23.4 Å². The number of aromatic nitrogens is 3. The predicted octanol–water partition coefficient (Wildman–Crippen LogP) is 5.11.